The van der Waals surface area contributed by atoms with Crippen LogP contribution in [-0.4, -0.2) is 43.2 Å². The van der Waals surface area contributed by atoms with Gasteiger partial charge in [-0.05, 0) is 54.8 Å². The number of hydrogen-bond donors (Lipinski definition) is 0. The monoisotopic (exact) mass is 452 g/mol. The van der Waals surface area contributed by atoms with Crippen molar-refractivity contribution in [3.8, 4) is 0 Å². The second kappa shape index (κ2) is 9.98. The average molecular weight is 453 g/mol. The van der Waals surface area contributed by atoms with Crippen molar-refractivity contribution in [2.45, 2.75) is 31.1 Å². The maximum Gasteiger partial charge on any atom is 0.282 e. The summed E-state index contributed by atoms with van der Waals surface area (Å²) >= 11 is 5.84. The molecule has 0 atom stereocenters. The first-order valence-corrected chi connectivity index (χ1v) is 13.0. The zero-order valence-electron chi connectivity index (χ0n) is 16.4. The number of carbonyl (C=O) groups is 1. The highest BCUT2D eigenvalue weighted by Gasteiger charge is 2.27. The Morgan fingerprint density at radius 1 is 1.07 bits per heavy atom. The van der Waals surface area contributed by atoms with Gasteiger partial charge in [0.2, 0.25) is 10.0 Å². The molecular formula is C21H25ClN2O3S2. The first-order chi connectivity index (χ1) is 13.9. The molecule has 0 unspecified atom stereocenters. The van der Waals surface area contributed by atoms with Crippen LogP contribution in [0.2, 0.25) is 5.02 Å². The van der Waals surface area contributed by atoms with E-state index in [1.54, 1.807) is 12.1 Å². The molecule has 2 aromatic rings. The fourth-order valence-corrected chi connectivity index (χ4v) is 6.47. The van der Waals surface area contributed by atoms with E-state index in [2.05, 4.69) is 11.3 Å². The number of rotatable bonds is 6. The number of carbonyl (C=O) groups excluding carboxylic acids is 1. The molecule has 0 aliphatic carbocycles. The van der Waals surface area contributed by atoms with Gasteiger partial charge < -0.3 is 0 Å². The number of unbranched alkanes of at least 4 members (excludes halogenated alkanes) is 1. The Bertz CT molecular complexity index is 978. The molecule has 0 aromatic heterocycles. The van der Waals surface area contributed by atoms with E-state index in [9.17, 15) is 13.2 Å². The molecule has 1 heterocycles. The molecule has 3 rings (SSSR count). The fraction of sp³-hybridized carbons (Fsp3) is 0.381. The Labute approximate surface area is 180 Å². The van der Waals surface area contributed by atoms with Gasteiger partial charge in [-0.3, -0.25) is 4.79 Å². The molecule has 0 radical (unpaired) electrons. The van der Waals surface area contributed by atoms with Crippen LogP contribution in [-0.2, 0) is 27.1 Å². The van der Waals surface area contributed by atoms with Crippen LogP contribution in [0.1, 0.15) is 35.7 Å². The SMILES string of the molecule is CCCCc1ccc(C(=O)N=S2CCN(S(=O)(=O)c3ccc(Cl)cc3)CC2)cc1. The molecule has 1 fully saturated rings. The van der Waals surface area contributed by atoms with Crippen LogP contribution >= 0.6 is 11.6 Å². The summed E-state index contributed by atoms with van der Waals surface area (Å²) in [7, 11) is -4.00. The van der Waals surface area contributed by atoms with Gasteiger partial charge >= 0.3 is 0 Å². The van der Waals surface area contributed by atoms with Crippen LogP contribution in [0.5, 0.6) is 0 Å². The molecule has 0 spiro atoms. The van der Waals surface area contributed by atoms with Crippen LogP contribution in [0, 0.1) is 0 Å². The number of nitrogens with zero attached hydrogens (tertiary/aromatic N) is 2. The Hall–Kier alpha value is -1.54. The van der Waals surface area contributed by atoms with Gasteiger partial charge in [0.25, 0.3) is 5.91 Å². The van der Waals surface area contributed by atoms with E-state index in [0.29, 0.717) is 35.2 Å². The van der Waals surface area contributed by atoms with Gasteiger partial charge in [0.1, 0.15) is 0 Å². The van der Waals surface area contributed by atoms with Gasteiger partial charge in [-0.25, -0.2) is 8.42 Å². The minimum Gasteiger partial charge on any atom is -0.266 e. The Morgan fingerprint density at radius 2 is 1.69 bits per heavy atom. The van der Waals surface area contributed by atoms with Crippen molar-refractivity contribution >= 4 is 38.2 Å². The molecule has 0 saturated carbocycles. The van der Waals surface area contributed by atoms with Crippen LogP contribution in [0.15, 0.2) is 57.8 Å². The van der Waals surface area contributed by atoms with Gasteiger partial charge in [0.15, 0.2) is 0 Å². The fourth-order valence-electron chi connectivity index (χ4n) is 3.08. The zero-order chi connectivity index (χ0) is 20.9. The smallest absolute Gasteiger partial charge is 0.266 e. The van der Waals surface area contributed by atoms with E-state index < -0.39 is 20.7 Å². The normalized spacial score (nSPS) is 15.9. The highest BCUT2D eigenvalue weighted by atomic mass is 35.5. The average Bonchev–Trinajstić information content (AvgIpc) is 2.73. The molecule has 0 bridgehead atoms. The van der Waals surface area contributed by atoms with Crippen molar-refractivity contribution in [3.05, 3.63) is 64.7 Å². The van der Waals surface area contributed by atoms with Gasteiger partial charge in [-0.15, -0.1) is 0 Å². The Kier molecular flexibility index (Phi) is 7.62. The van der Waals surface area contributed by atoms with Gasteiger partial charge in [-0.2, -0.15) is 8.67 Å². The standard InChI is InChI=1S/C21H25ClN2O3S2/c1-2-3-4-17-5-7-18(8-6-17)21(25)23-28-15-13-24(14-16-28)29(26,27)20-11-9-19(22)10-12-20/h5-12H,2-4,13-16H2,1H3. The molecule has 1 amide bonds. The molecule has 1 saturated heterocycles. The minimum atomic E-state index is -3.54. The van der Waals surface area contributed by atoms with Crippen LogP contribution in [0.3, 0.4) is 0 Å². The summed E-state index contributed by atoms with van der Waals surface area (Å²) in [5, 5.41) is 0.500. The second-order valence-corrected chi connectivity index (χ2v) is 11.2. The summed E-state index contributed by atoms with van der Waals surface area (Å²) < 4.78 is 31.3. The maximum absolute atomic E-state index is 12.7. The number of benzene rings is 2. The third-order valence-corrected chi connectivity index (χ3v) is 8.73. The van der Waals surface area contributed by atoms with Crippen molar-refractivity contribution in [1.82, 2.24) is 4.31 Å². The largest absolute Gasteiger partial charge is 0.282 e. The van der Waals surface area contributed by atoms with Crippen LogP contribution in [0.25, 0.3) is 0 Å². The van der Waals surface area contributed by atoms with E-state index in [1.807, 2.05) is 24.3 Å². The first kappa shape index (κ1) is 22.2. The van der Waals surface area contributed by atoms with E-state index in [0.717, 1.165) is 19.3 Å². The van der Waals surface area contributed by atoms with Crippen molar-refractivity contribution in [2.75, 3.05) is 24.6 Å². The quantitative estimate of drug-likeness (QED) is 0.655. The summed E-state index contributed by atoms with van der Waals surface area (Å²) in [6.45, 7) is 2.88. The zero-order valence-corrected chi connectivity index (χ0v) is 18.8. The highest BCUT2D eigenvalue weighted by Crippen LogP contribution is 2.20. The molecule has 29 heavy (non-hydrogen) atoms. The number of aryl methyl sites for hydroxylation is 1. The minimum absolute atomic E-state index is 0.218. The predicted molar refractivity (Wildman–Crippen MR) is 119 cm³/mol. The predicted octanol–water partition coefficient (Wildman–Crippen LogP) is 4.33. The molecular weight excluding hydrogens is 428 g/mol. The summed E-state index contributed by atoms with van der Waals surface area (Å²) in [5.41, 5.74) is 1.82. The third-order valence-electron chi connectivity index (χ3n) is 4.84. The molecule has 8 heteroatoms. The first-order valence-electron chi connectivity index (χ1n) is 9.68. The third kappa shape index (κ3) is 5.75. The Morgan fingerprint density at radius 3 is 2.28 bits per heavy atom. The Balaban J connectivity index is 1.61. The number of halogens is 1. The van der Waals surface area contributed by atoms with Gasteiger partial charge in [-0.1, -0.05) is 47.8 Å². The molecule has 156 valence electrons. The van der Waals surface area contributed by atoms with E-state index in [1.165, 1.54) is 22.0 Å². The number of sulfonamides is 1. The maximum atomic E-state index is 12.7. The summed E-state index contributed by atoms with van der Waals surface area (Å²) in [6.07, 6.45) is 3.30. The van der Waals surface area contributed by atoms with Crippen molar-refractivity contribution in [1.29, 1.82) is 0 Å². The van der Waals surface area contributed by atoms with Crippen LogP contribution in [0.4, 0.5) is 0 Å². The summed E-state index contributed by atoms with van der Waals surface area (Å²) in [4.78, 5) is 12.7. The molecule has 1 aliphatic rings. The van der Waals surface area contributed by atoms with E-state index >= 15 is 0 Å². The highest BCUT2D eigenvalue weighted by molar-refractivity contribution is 7.90. The van der Waals surface area contributed by atoms with Gasteiger partial charge in [0, 0.05) is 35.2 Å². The van der Waals surface area contributed by atoms with Crippen molar-refractivity contribution in [2.24, 2.45) is 4.36 Å². The van der Waals surface area contributed by atoms with Crippen LogP contribution < -0.4 is 0 Å². The van der Waals surface area contributed by atoms with E-state index in [4.69, 9.17) is 11.6 Å². The lowest BCUT2D eigenvalue weighted by molar-refractivity contribution is 0.100. The van der Waals surface area contributed by atoms with E-state index in [-0.39, 0.29) is 10.8 Å². The molecule has 1 aliphatic heterocycles. The number of hydrogen-bond acceptors (Lipinski definition) is 3. The number of amides is 1. The van der Waals surface area contributed by atoms with Crippen molar-refractivity contribution < 1.29 is 13.2 Å². The lowest BCUT2D eigenvalue weighted by atomic mass is 10.1. The second-order valence-electron chi connectivity index (χ2n) is 6.93. The lowest BCUT2D eigenvalue weighted by Crippen LogP contribution is -2.41. The lowest BCUT2D eigenvalue weighted by Gasteiger charge is -2.27. The molecule has 0 N–H and O–H groups in total. The van der Waals surface area contributed by atoms with Gasteiger partial charge in [0.05, 0.1) is 4.90 Å². The topological polar surface area (TPSA) is 66.8 Å². The summed E-state index contributed by atoms with van der Waals surface area (Å²) in [6, 6.07) is 13.8. The summed E-state index contributed by atoms with van der Waals surface area (Å²) in [5.74, 6) is 0.907. The molecule has 5 nitrogen and oxygen atoms in total. The van der Waals surface area contributed by atoms with Crippen molar-refractivity contribution in [3.63, 3.8) is 0 Å². The molecule has 2 aromatic carbocycles.